The summed E-state index contributed by atoms with van der Waals surface area (Å²) in [5.74, 6) is 0. The van der Waals surface area contributed by atoms with E-state index in [0.29, 0.717) is 13.1 Å². The molecule has 22 heavy (non-hydrogen) atoms. The van der Waals surface area contributed by atoms with Crippen LogP contribution in [-0.2, 0) is 13.1 Å². The van der Waals surface area contributed by atoms with Crippen LogP contribution < -0.4 is 0 Å². The van der Waals surface area contributed by atoms with Crippen molar-refractivity contribution in [3.05, 3.63) is 48.5 Å². The second kappa shape index (κ2) is 7.49. The van der Waals surface area contributed by atoms with E-state index >= 15 is 0 Å². The van der Waals surface area contributed by atoms with Gasteiger partial charge < -0.3 is 5.11 Å². The zero-order chi connectivity index (χ0) is 15.2. The lowest BCUT2D eigenvalue weighted by molar-refractivity contribution is 0.0602. The standard InChI is InChI=1S/C16H23N5O/c22-16(14-21-7-3-6-18-21)13-20-10-8-19(9-11-20)12-15-4-1-2-5-17-15/h1-7,16,22H,8-14H2. The van der Waals surface area contributed by atoms with Gasteiger partial charge >= 0.3 is 0 Å². The lowest BCUT2D eigenvalue weighted by Gasteiger charge is -2.35. The highest BCUT2D eigenvalue weighted by molar-refractivity contribution is 5.03. The highest BCUT2D eigenvalue weighted by Gasteiger charge is 2.19. The van der Waals surface area contributed by atoms with Gasteiger partial charge in [0.15, 0.2) is 0 Å². The van der Waals surface area contributed by atoms with Gasteiger partial charge in [-0.05, 0) is 18.2 Å². The van der Waals surface area contributed by atoms with Crippen molar-refractivity contribution >= 4 is 0 Å². The Morgan fingerprint density at radius 1 is 1.00 bits per heavy atom. The van der Waals surface area contributed by atoms with Crippen LogP contribution in [0.2, 0.25) is 0 Å². The molecule has 0 amide bonds. The molecule has 1 saturated heterocycles. The third-order valence-corrected chi connectivity index (χ3v) is 4.00. The minimum absolute atomic E-state index is 0.373. The maximum Gasteiger partial charge on any atom is 0.0862 e. The van der Waals surface area contributed by atoms with Crippen molar-refractivity contribution < 1.29 is 5.11 Å². The van der Waals surface area contributed by atoms with Crippen molar-refractivity contribution in [3.8, 4) is 0 Å². The molecule has 0 aliphatic carbocycles. The Kier molecular flexibility index (Phi) is 5.15. The van der Waals surface area contributed by atoms with Crippen LogP contribution in [0.5, 0.6) is 0 Å². The summed E-state index contributed by atoms with van der Waals surface area (Å²) >= 11 is 0. The molecule has 1 atom stereocenters. The fourth-order valence-corrected chi connectivity index (χ4v) is 2.83. The van der Waals surface area contributed by atoms with E-state index in [1.54, 1.807) is 10.9 Å². The molecule has 1 aliphatic rings. The van der Waals surface area contributed by atoms with Gasteiger partial charge in [0.1, 0.15) is 0 Å². The van der Waals surface area contributed by atoms with E-state index < -0.39 is 0 Å². The number of nitrogens with zero attached hydrogens (tertiary/aromatic N) is 5. The van der Waals surface area contributed by atoms with Gasteiger partial charge in [0, 0.05) is 57.9 Å². The van der Waals surface area contributed by atoms with Crippen molar-refractivity contribution in [2.24, 2.45) is 0 Å². The molecule has 2 aromatic rings. The van der Waals surface area contributed by atoms with Gasteiger partial charge in [-0.15, -0.1) is 0 Å². The van der Waals surface area contributed by atoms with Gasteiger partial charge in [-0.1, -0.05) is 6.07 Å². The number of aliphatic hydroxyl groups excluding tert-OH is 1. The largest absolute Gasteiger partial charge is 0.390 e. The van der Waals surface area contributed by atoms with Crippen molar-refractivity contribution in [1.82, 2.24) is 24.6 Å². The SMILES string of the molecule is OC(CN1CCN(Cc2ccccn2)CC1)Cn1cccn1. The third kappa shape index (κ3) is 4.37. The number of aromatic nitrogens is 3. The summed E-state index contributed by atoms with van der Waals surface area (Å²) in [5, 5.41) is 14.3. The molecule has 0 spiro atoms. The molecule has 118 valence electrons. The quantitative estimate of drug-likeness (QED) is 0.840. The molecule has 1 aliphatic heterocycles. The first kappa shape index (κ1) is 15.1. The molecule has 0 radical (unpaired) electrons. The zero-order valence-corrected chi connectivity index (χ0v) is 12.8. The lowest BCUT2D eigenvalue weighted by atomic mass is 10.2. The van der Waals surface area contributed by atoms with Crippen molar-refractivity contribution in [2.75, 3.05) is 32.7 Å². The summed E-state index contributed by atoms with van der Waals surface area (Å²) in [5.41, 5.74) is 1.12. The molecule has 0 bridgehead atoms. The Morgan fingerprint density at radius 2 is 1.82 bits per heavy atom. The van der Waals surface area contributed by atoms with Crippen molar-refractivity contribution in [2.45, 2.75) is 19.2 Å². The first-order valence-electron chi connectivity index (χ1n) is 7.80. The fraction of sp³-hybridized carbons (Fsp3) is 0.500. The number of pyridine rings is 1. The number of β-amino-alcohol motifs (C(OH)–C–C–N with tert-alkyl or cyclic N) is 1. The number of hydrogen-bond acceptors (Lipinski definition) is 5. The topological polar surface area (TPSA) is 57.4 Å². The summed E-state index contributed by atoms with van der Waals surface area (Å²) in [4.78, 5) is 9.11. The van der Waals surface area contributed by atoms with E-state index in [1.165, 1.54) is 0 Å². The first-order chi connectivity index (χ1) is 10.8. The zero-order valence-electron chi connectivity index (χ0n) is 12.8. The van der Waals surface area contributed by atoms with Crippen LogP contribution in [0, 0.1) is 0 Å². The van der Waals surface area contributed by atoms with Gasteiger partial charge in [-0.25, -0.2) is 0 Å². The van der Waals surface area contributed by atoms with Crippen LogP contribution in [0.25, 0.3) is 0 Å². The summed E-state index contributed by atoms with van der Waals surface area (Å²) in [6.45, 7) is 6.19. The van der Waals surface area contributed by atoms with Gasteiger partial charge in [0.2, 0.25) is 0 Å². The van der Waals surface area contributed by atoms with Gasteiger partial charge in [0.05, 0.1) is 18.3 Å². The highest BCUT2D eigenvalue weighted by atomic mass is 16.3. The fourth-order valence-electron chi connectivity index (χ4n) is 2.83. The molecule has 6 nitrogen and oxygen atoms in total. The van der Waals surface area contributed by atoms with E-state index in [-0.39, 0.29) is 6.10 Å². The van der Waals surface area contributed by atoms with Gasteiger partial charge in [-0.3, -0.25) is 19.5 Å². The number of piperazine rings is 1. The average molecular weight is 301 g/mol. The van der Waals surface area contributed by atoms with Crippen LogP contribution in [0.15, 0.2) is 42.9 Å². The number of hydrogen-bond donors (Lipinski definition) is 1. The predicted octanol–water partition coefficient (Wildman–Crippen LogP) is 0.457. The van der Waals surface area contributed by atoms with Crippen molar-refractivity contribution in [3.63, 3.8) is 0 Å². The molecule has 0 aromatic carbocycles. The average Bonchev–Trinajstić information content (AvgIpc) is 3.03. The van der Waals surface area contributed by atoms with E-state index in [1.807, 2.05) is 30.6 Å². The van der Waals surface area contributed by atoms with Crippen molar-refractivity contribution in [1.29, 1.82) is 0 Å². The van der Waals surface area contributed by atoms with Crippen LogP contribution in [0.1, 0.15) is 5.69 Å². The maximum absolute atomic E-state index is 10.1. The minimum atomic E-state index is -0.373. The second-order valence-electron chi connectivity index (χ2n) is 5.78. The van der Waals surface area contributed by atoms with Crippen LogP contribution in [0.3, 0.4) is 0 Å². The second-order valence-corrected chi connectivity index (χ2v) is 5.78. The molecule has 6 heteroatoms. The van der Waals surface area contributed by atoms with E-state index in [4.69, 9.17) is 0 Å². The molecule has 1 unspecified atom stereocenters. The van der Waals surface area contributed by atoms with Gasteiger partial charge in [-0.2, -0.15) is 5.10 Å². The van der Waals surface area contributed by atoms with E-state index in [2.05, 4.69) is 25.9 Å². The van der Waals surface area contributed by atoms with E-state index in [0.717, 1.165) is 38.4 Å². The smallest absolute Gasteiger partial charge is 0.0862 e. The predicted molar refractivity (Wildman–Crippen MR) is 84.2 cm³/mol. The molecule has 3 rings (SSSR count). The summed E-state index contributed by atoms with van der Waals surface area (Å²) in [6, 6.07) is 7.93. The molecule has 1 N–H and O–H groups in total. The monoisotopic (exact) mass is 301 g/mol. The Morgan fingerprint density at radius 3 is 2.50 bits per heavy atom. The number of aliphatic hydroxyl groups is 1. The van der Waals surface area contributed by atoms with Crippen LogP contribution >= 0.6 is 0 Å². The normalized spacial score (nSPS) is 18.4. The molecule has 3 heterocycles. The van der Waals surface area contributed by atoms with Crippen LogP contribution in [0.4, 0.5) is 0 Å². The van der Waals surface area contributed by atoms with Crippen LogP contribution in [-0.4, -0.2) is 68.5 Å². The highest BCUT2D eigenvalue weighted by Crippen LogP contribution is 2.07. The Bertz CT molecular complexity index is 537. The summed E-state index contributed by atoms with van der Waals surface area (Å²) in [6.07, 6.45) is 5.09. The Labute approximate surface area is 131 Å². The Balaban J connectivity index is 1.40. The minimum Gasteiger partial charge on any atom is -0.390 e. The number of rotatable bonds is 6. The van der Waals surface area contributed by atoms with E-state index in [9.17, 15) is 5.11 Å². The molecule has 1 fully saturated rings. The summed E-state index contributed by atoms with van der Waals surface area (Å²) < 4.78 is 1.78. The maximum atomic E-state index is 10.1. The van der Waals surface area contributed by atoms with Gasteiger partial charge in [0.25, 0.3) is 0 Å². The molecule has 2 aromatic heterocycles. The Hall–Kier alpha value is -1.76. The first-order valence-corrected chi connectivity index (χ1v) is 7.80. The summed E-state index contributed by atoms with van der Waals surface area (Å²) in [7, 11) is 0. The molecule has 0 saturated carbocycles. The molecular weight excluding hydrogens is 278 g/mol. The lowest BCUT2D eigenvalue weighted by Crippen LogP contribution is -2.48. The molecular formula is C16H23N5O. The third-order valence-electron chi connectivity index (χ3n) is 4.00.